The van der Waals surface area contributed by atoms with Crippen LogP contribution in [-0.4, -0.2) is 14.8 Å². The van der Waals surface area contributed by atoms with Gasteiger partial charge in [-0.1, -0.05) is 128 Å². The largest absolute Gasteiger partial charge is 0.355 e. The lowest BCUT2D eigenvalue weighted by atomic mass is 9.61. The summed E-state index contributed by atoms with van der Waals surface area (Å²) in [6, 6.07) is 53.5. The summed E-state index contributed by atoms with van der Waals surface area (Å²) in [6.45, 7) is 2.50. The topological polar surface area (TPSA) is 20.7 Å². The van der Waals surface area contributed by atoms with E-state index >= 15 is 0 Å². The minimum absolute atomic E-state index is 0.244. The summed E-state index contributed by atoms with van der Waals surface area (Å²) in [4.78, 5) is 5.15. The van der Waals surface area contributed by atoms with Gasteiger partial charge in [0, 0.05) is 54.5 Å². The van der Waals surface area contributed by atoms with Crippen molar-refractivity contribution in [3.63, 3.8) is 0 Å². The van der Waals surface area contributed by atoms with Crippen LogP contribution in [0.4, 0.5) is 0 Å². The molecular formula is C44H32N2S. The second kappa shape index (κ2) is 10.1. The van der Waals surface area contributed by atoms with Gasteiger partial charge in [0.05, 0.1) is 11.0 Å². The normalized spacial score (nSPS) is 19.9. The van der Waals surface area contributed by atoms with Gasteiger partial charge in [0.15, 0.2) is 0 Å². The molecule has 224 valence electrons. The van der Waals surface area contributed by atoms with E-state index in [9.17, 15) is 0 Å². The van der Waals surface area contributed by atoms with Crippen LogP contribution < -0.4 is 0 Å². The molecule has 0 radical (unpaired) electrons. The fraction of sp³-hybridized carbons (Fsp3) is 0.0909. The number of para-hydroxylation sites is 2. The summed E-state index contributed by atoms with van der Waals surface area (Å²) in [5.74, 6) is 0.273. The standard InChI is InChI=1S/C44H32N2S/c1-44(30-14-6-3-7-15-30)34-24-26-38-41(43(34)47-39-27-25-36-40(42(39)44)32-16-8-10-18-35(32)45-36)33-17-9-11-19-37(33)46(38)31-22-20-29(21-23-31)28-12-4-2-5-13-28/h2-27,39,42,45H,1H3. The van der Waals surface area contributed by atoms with Crippen molar-refractivity contribution >= 4 is 50.5 Å². The molecule has 3 unspecified atom stereocenters. The molecule has 8 aromatic rings. The number of aromatic amines is 1. The first-order chi connectivity index (χ1) is 23.2. The van der Waals surface area contributed by atoms with Gasteiger partial charge < -0.3 is 9.55 Å². The molecule has 1 aliphatic carbocycles. The summed E-state index contributed by atoms with van der Waals surface area (Å²) >= 11 is 2.05. The Morgan fingerprint density at radius 3 is 2.13 bits per heavy atom. The molecule has 2 aliphatic rings. The Hall–Kier alpha value is -5.25. The van der Waals surface area contributed by atoms with Crippen LogP contribution in [0.2, 0.25) is 0 Å². The number of thioether (sulfide) groups is 1. The number of hydrogen-bond donors (Lipinski definition) is 1. The molecule has 0 saturated heterocycles. The monoisotopic (exact) mass is 620 g/mol. The van der Waals surface area contributed by atoms with E-state index < -0.39 is 0 Å². The van der Waals surface area contributed by atoms with Crippen molar-refractivity contribution in [2.75, 3.05) is 0 Å². The number of rotatable bonds is 3. The van der Waals surface area contributed by atoms with Crippen LogP contribution in [0.25, 0.3) is 55.6 Å². The predicted molar refractivity (Wildman–Crippen MR) is 199 cm³/mol. The summed E-state index contributed by atoms with van der Waals surface area (Å²) in [5, 5.41) is 4.29. The zero-order chi connectivity index (χ0) is 31.1. The van der Waals surface area contributed by atoms with E-state index in [1.807, 2.05) is 0 Å². The quantitative estimate of drug-likeness (QED) is 0.208. The van der Waals surface area contributed by atoms with E-state index in [0.717, 1.165) is 0 Å². The Morgan fingerprint density at radius 1 is 0.638 bits per heavy atom. The second-order valence-electron chi connectivity index (χ2n) is 13.1. The lowest BCUT2D eigenvalue weighted by Crippen LogP contribution is -2.41. The average Bonchev–Trinajstić information content (AvgIpc) is 3.68. The molecule has 47 heavy (non-hydrogen) atoms. The molecular weight excluding hydrogens is 589 g/mol. The van der Waals surface area contributed by atoms with E-state index in [2.05, 4.69) is 186 Å². The van der Waals surface area contributed by atoms with Crippen LogP contribution in [0.5, 0.6) is 0 Å². The number of hydrogen-bond acceptors (Lipinski definition) is 1. The number of nitrogens with one attached hydrogen (secondary N) is 1. The van der Waals surface area contributed by atoms with Crippen LogP contribution in [0, 0.1) is 0 Å². The molecule has 0 fully saturated rings. The van der Waals surface area contributed by atoms with Gasteiger partial charge in [0.2, 0.25) is 0 Å². The van der Waals surface area contributed by atoms with Crippen molar-refractivity contribution in [2.24, 2.45) is 0 Å². The highest BCUT2D eigenvalue weighted by atomic mass is 32.2. The van der Waals surface area contributed by atoms with Gasteiger partial charge in [0.1, 0.15) is 0 Å². The first-order valence-electron chi connectivity index (χ1n) is 16.4. The average molecular weight is 621 g/mol. The maximum atomic E-state index is 3.75. The minimum Gasteiger partial charge on any atom is -0.355 e. The Bertz CT molecular complexity index is 2500. The van der Waals surface area contributed by atoms with Crippen LogP contribution in [0.3, 0.4) is 0 Å². The van der Waals surface area contributed by atoms with Gasteiger partial charge in [-0.25, -0.2) is 0 Å². The number of nitrogens with zero attached hydrogens (tertiary/aromatic N) is 1. The Labute approximate surface area is 278 Å². The Kier molecular flexibility index (Phi) is 5.80. The highest BCUT2D eigenvalue weighted by molar-refractivity contribution is 8.00. The fourth-order valence-corrected chi connectivity index (χ4v) is 10.2. The third-order valence-corrected chi connectivity index (χ3v) is 12.1. The molecule has 1 aliphatic heterocycles. The molecule has 1 N–H and O–H groups in total. The highest BCUT2D eigenvalue weighted by Gasteiger charge is 2.50. The van der Waals surface area contributed by atoms with Crippen molar-refractivity contribution in [1.29, 1.82) is 0 Å². The van der Waals surface area contributed by atoms with Crippen LogP contribution in [0.15, 0.2) is 157 Å². The molecule has 0 amide bonds. The lowest BCUT2D eigenvalue weighted by molar-refractivity contribution is 0.439. The van der Waals surface area contributed by atoms with Crippen LogP contribution >= 0.6 is 11.8 Å². The van der Waals surface area contributed by atoms with E-state index in [-0.39, 0.29) is 16.6 Å². The number of aromatic nitrogens is 2. The molecule has 0 spiro atoms. The maximum absolute atomic E-state index is 3.75. The summed E-state index contributed by atoms with van der Waals surface area (Å²) in [7, 11) is 0. The third kappa shape index (κ3) is 3.81. The summed E-state index contributed by atoms with van der Waals surface area (Å²) in [5.41, 5.74) is 12.6. The van der Waals surface area contributed by atoms with Crippen molar-refractivity contribution in [1.82, 2.24) is 9.55 Å². The first kappa shape index (κ1) is 26.9. The van der Waals surface area contributed by atoms with E-state index in [0.29, 0.717) is 0 Å². The predicted octanol–water partition coefficient (Wildman–Crippen LogP) is 11.5. The van der Waals surface area contributed by atoms with Crippen molar-refractivity contribution in [2.45, 2.75) is 28.4 Å². The Morgan fingerprint density at radius 2 is 1.32 bits per heavy atom. The lowest BCUT2D eigenvalue weighted by Gasteiger charge is -2.48. The van der Waals surface area contributed by atoms with E-state index in [4.69, 9.17) is 0 Å². The molecule has 2 aromatic heterocycles. The SMILES string of the molecule is CC1(c2ccccc2)c2ccc3c(c2SC2C=Cc4[nH]c5ccccc5c4C21)c1ccccc1n3-c1ccc(-c2ccccc2)cc1. The van der Waals surface area contributed by atoms with Gasteiger partial charge in [-0.15, -0.1) is 11.8 Å². The van der Waals surface area contributed by atoms with Crippen LogP contribution in [0.1, 0.15) is 35.2 Å². The maximum Gasteiger partial charge on any atom is 0.0552 e. The first-order valence-corrected chi connectivity index (χ1v) is 17.3. The zero-order valence-corrected chi connectivity index (χ0v) is 26.8. The van der Waals surface area contributed by atoms with Gasteiger partial charge in [-0.3, -0.25) is 0 Å². The molecule has 3 heterocycles. The number of H-pyrrole nitrogens is 1. The summed E-state index contributed by atoms with van der Waals surface area (Å²) in [6.07, 6.45) is 4.79. The fourth-order valence-electron chi connectivity index (χ4n) is 8.54. The molecule has 3 atom stereocenters. The second-order valence-corrected chi connectivity index (χ2v) is 14.3. The van der Waals surface area contributed by atoms with Crippen molar-refractivity contribution in [3.8, 4) is 16.8 Å². The molecule has 10 rings (SSSR count). The van der Waals surface area contributed by atoms with Crippen molar-refractivity contribution < 1.29 is 0 Å². The zero-order valence-electron chi connectivity index (χ0n) is 26.0. The van der Waals surface area contributed by atoms with Gasteiger partial charge in [-0.05, 0) is 64.2 Å². The highest BCUT2D eigenvalue weighted by Crippen LogP contribution is 2.61. The number of benzene rings is 6. The van der Waals surface area contributed by atoms with Crippen LogP contribution in [-0.2, 0) is 5.41 Å². The number of fused-ring (bicyclic) bond motifs is 10. The van der Waals surface area contributed by atoms with Gasteiger partial charge in [0.25, 0.3) is 0 Å². The molecule has 2 nitrogen and oxygen atoms in total. The smallest absolute Gasteiger partial charge is 0.0552 e. The molecule has 0 saturated carbocycles. The van der Waals surface area contributed by atoms with E-state index in [1.54, 1.807) is 0 Å². The molecule has 3 heteroatoms. The van der Waals surface area contributed by atoms with Gasteiger partial charge in [-0.2, -0.15) is 0 Å². The summed E-state index contributed by atoms with van der Waals surface area (Å²) < 4.78 is 2.46. The molecule has 6 aromatic carbocycles. The third-order valence-electron chi connectivity index (χ3n) is 10.7. The van der Waals surface area contributed by atoms with Crippen molar-refractivity contribution in [3.05, 3.63) is 174 Å². The van der Waals surface area contributed by atoms with E-state index in [1.165, 1.54) is 76.8 Å². The van der Waals surface area contributed by atoms with Gasteiger partial charge >= 0.3 is 0 Å². The minimum atomic E-state index is -0.244. The Balaban J connectivity index is 1.24. The molecule has 0 bridgehead atoms.